The molecule has 0 saturated heterocycles. The lowest BCUT2D eigenvalue weighted by Gasteiger charge is -2.42. The Morgan fingerprint density at radius 3 is 2.38 bits per heavy atom. The molecule has 0 spiro atoms. The summed E-state index contributed by atoms with van der Waals surface area (Å²) in [5.74, 6) is 1.52. The van der Waals surface area contributed by atoms with Gasteiger partial charge in [0.15, 0.2) is 0 Å². The van der Waals surface area contributed by atoms with Crippen LogP contribution in [0.15, 0.2) is 42.5 Å². The van der Waals surface area contributed by atoms with E-state index in [0.717, 1.165) is 30.2 Å². The number of carbonyl (C=O) groups excluding carboxylic acids is 1. The number of esters is 1. The van der Waals surface area contributed by atoms with Gasteiger partial charge in [-0.25, -0.2) is 13.6 Å². The Balaban J connectivity index is 1.29. The first-order chi connectivity index (χ1) is 16.5. The van der Waals surface area contributed by atoms with Gasteiger partial charge in [-0.2, -0.15) is 0 Å². The number of hydrogen-bond acceptors (Lipinski definition) is 2. The summed E-state index contributed by atoms with van der Waals surface area (Å²) in [6.07, 6.45) is 15.5. The normalized spacial score (nSPS) is 24.4. The van der Waals surface area contributed by atoms with Gasteiger partial charge in [-0.1, -0.05) is 57.9 Å². The van der Waals surface area contributed by atoms with E-state index < -0.39 is 11.8 Å². The van der Waals surface area contributed by atoms with Crippen LogP contribution < -0.4 is 4.74 Å². The molecule has 4 rings (SSSR count). The van der Waals surface area contributed by atoms with E-state index in [-0.39, 0.29) is 23.0 Å². The molecule has 2 aliphatic rings. The average Bonchev–Trinajstić information content (AvgIpc) is 2.85. The molecule has 4 heteroatoms. The Morgan fingerprint density at radius 1 is 0.882 bits per heavy atom. The molecule has 0 heterocycles. The van der Waals surface area contributed by atoms with Gasteiger partial charge < -0.3 is 4.74 Å². The number of halogens is 2. The summed E-state index contributed by atoms with van der Waals surface area (Å²) < 4.78 is 33.3. The fourth-order valence-electron chi connectivity index (χ4n) is 6.22. The van der Waals surface area contributed by atoms with E-state index >= 15 is 4.39 Å². The Bertz CT molecular complexity index is 939. The number of rotatable bonds is 9. The zero-order chi connectivity index (χ0) is 23.9. The minimum atomic E-state index is -0.631. The summed E-state index contributed by atoms with van der Waals surface area (Å²) in [6.45, 7) is 2.27. The average molecular weight is 469 g/mol. The van der Waals surface area contributed by atoms with Crippen molar-refractivity contribution in [1.29, 1.82) is 0 Å². The lowest BCUT2D eigenvalue weighted by atomic mass is 9.63. The molecule has 34 heavy (non-hydrogen) atoms. The number of benzene rings is 2. The third-order valence-corrected chi connectivity index (χ3v) is 8.14. The number of carbonyl (C=O) groups is 1. The fourth-order valence-corrected chi connectivity index (χ4v) is 6.22. The molecule has 4 atom stereocenters. The zero-order valence-corrected chi connectivity index (χ0v) is 20.4. The maximum atomic E-state index is 15.0. The summed E-state index contributed by atoms with van der Waals surface area (Å²) in [5.41, 5.74) is 0.911. The van der Waals surface area contributed by atoms with Crippen LogP contribution in [0.25, 0.3) is 0 Å². The first kappa shape index (κ1) is 24.9. The summed E-state index contributed by atoms with van der Waals surface area (Å²) in [7, 11) is 0. The van der Waals surface area contributed by atoms with Gasteiger partial charge in [-0.15, -0.1) is 0 Å². The lowest BCUT2D eigenvalue weighted by molar-refractivity contribution is 0.0734. The molecular weight excluding hydrogens is 430 g/mol. The van der Waals surface area contributed by atoms with Crippen LogP contribution >= 0.6 is 0 Å². The number of fused-ring (bicyclic) bond motifs is 1. The van der Waals surface area contributed by atoms with Crippen LogP contribution in [0, 0.1) is 29.4 Å². The van der Waals surface area contributed by atoms with Crippen molar-refractivity contribution < 1.29 is 18.3 Å². The van der Waals surface area contributed by atoms with Crippen LogP contribution in [0.3, 0.4) is 0 Å². The van der Waals surface area contributed by atoms with Crippen molar-refractivity contribution in [2.75, 3.05) is 0 Å². The Labute approximate surface area is 203 Å². The Kier molecular flexibility index (Phi) is 8.74. The second-order valence-electron chi connectivity index (χ2n) is 10.5. The van der Waals surface area contributed by atoms with Crippen molar-refractivity contribution in [3.05, 3.63) is 65.2 Å². The van der Waals surface area contributed by atoms with E-state index in [1.807, 2.05) is 0 Å². The maximum absolute atomic E-state index is 15.0. The van der Waals surface area contributed by atoms with Crippen LogP contribution in [0.5, 0.6) is 5.75 Å². The standard InChI is InChI=1S/C30H38F2O2/c1-2-3-4-5-6-7-21-8-9-23-19-24(11-10-22(23)18-21)28-17-12-25(20-29(28)32)30(33)34-27-15-13-26(31)14-16-27/h12-17,20-24H,2-11,18-19H2,1H3/t21-,22-,23+,24?/m0/s1. The van der Waals surface area contributed by atoms with Crippen LogP contribution in [0.4, 0.5) is 8.78 Å². The van der Waals surface area contributed by atoms with Crippen molar-refractivity contribution in [2.24, 2.45) is 17.8 Å². The van der Waals surface area contributed by atoms with Crippen LogP contribution in [0.1, 0.15) is 106 Å². The van der Waals surface area contributed by atoms with E-state index in [1.165, 1.54) is 94.5 Å². The molecule has 184 valence electrons. The van der Waals surface area contributed by atoms with Crippen LogP contribution in [-0.4, -0.2) is 5.97 Å². The molecule has 2 aliphatic carbocycles. The first-order valence-electron chi connectivity index (χ1n) is 13.3. The first-order valence-corrected chi connectivity index (χ1v) is 13.3. The van der Waals surface area contributed by atoms with Crippen molar-refractivity contribution in [2.45, 2.75) is 89.9 Å². The SMILES string of the molecule is CCCCCCC[C@H]1CC[C@@H]2CC(c3ccc(C(=O)Oc4ccc(F)cc4)cc3F)CC[C@H]2C1. The van der Waals surface area contributed by atoms with Gasteiger partial charge in [0.2, 0.25) is 0 Å². The van der Waals surface area contributed by atoms with Gasteiger partial charge in [0.05, 0.1) is 5.56 Å². The van der Waals surface area contributed by atoms with E-state index in [0.29, 0.717) is 5.92 Å². The summed E-state index contributed by atoms with van der Waals surface area (Å²) in [6, 6.07) is 9.95. The highest BCUT2D eigenvalue weighted by molar-refractivity contribution is 5.91. The third kappa shape index (κ3) is 6.46. The van der Waals surface area contributed by atoms with Crippen molar-refractivity contribution >= 4 is 5.97 Å². The second kappa shape index (κ2) is 12.0. The third-order valence-electron chi connectivity index (χ3n) is 8.14. The van der Waals surface area contributed by atoms with Gasteiger partial charge in [0.1, 0.15) is 17.4 Å². The number of hydrogen-bond donors (Lipinski definition) is 0. The van der Waals surface area contributed by atoms with Crippen molar-refractivity contribution in [3.8, 4) is 5.75 Å². The van der Waals surface area contributed by atoms with Crippen molar-refractivity contribution in [1.82, 2.24) is 0 Å². The van der Waals surface area contributed by atoms with E-state index in [9.17, 15) is 9.18 Å². The molecule has 0 N–H and O–H groups in total. The predicted molar refractivity (Wildman–Crippen MR) is 132 cm³/mol. The molecule has 1 unspecified atom stereocenters. The molecule has 2 nitrogen and oxygen atoms in total. The topological polar surface area (TPSA) is 26.3 Å². The minimum absolute atomic E-state index is 0.179. The van der Waals surface area contributed by atoms with Crippen molar-refractivity contribution in [3.63, 3.8) is 0 Å². The Hall–Kier alpha value is -2.23. The maximum Gasteiger partial charge on any atom is 0.343 e. The molecular formula is C30H38F2O2. The molecule has 2 fully saturated rings. The van der Waals surface area contributed by atoms with E-state index in [2.05, 4.69) is 6.92 Å². The van der Waals surface area contributed by atoms with Crippen LogP contribution in [-0.2, 0) is 0 Å². The minimum Gasteiger partial charge on any atom is -0.423 e. The monoisotopic (exact) mass is 468 g/mol. The molecule has 0 aliphatic heterocycles. The largest absolute Gasteiger partial charge is 0.423 e. The smallest absolute Gasteiger partial charge is 0.343 e. The highest BCUT2D eigenvalue weighted by Gasteiger charge is 2.36. The molecule has 2 aromatic rings. The van der Waals surface area contributed by atoms with Gasteiger partial charge in [-0.05, 0) is 97.7 Å². The zero-order valence-electron chi connectivity index (χ0n) is 20.4. The van der Waals surface area contributed by atoms with Gasteiger partial charge >= 0.3 is 5.97 Å². The molecule has 0 amide bonds. The highest BCUT2D eigenvalue weighted by Crippen LogP contribution is 2.48. The van der Waals surface area contributed by atoms with Gasteiger partial charge in [-0.3, -0.25) is 0 Å². The fraction of sp³-hybridized carbons (Fsp3) is 0.567. The van der Waals surface area contributed by atoms with Crippen LogP contribution in [0.2, 0.25) is 0 Å². The summed E-state index contributed by atoms with van der Waals surface area (Å²) in [4.78, 5) is 12.4. The molecule has 2 saturated carbocycles. The molecule has 2 aromatic carbocycles. The summed E-state index contributed by atoms with van der Waals surface area (Å²) >= 11 is 0. The number of unbranched alkanes of at least 4 members (excludes halogenated alkanes) is 4. The second-order valence-corrected chi connectivity index (χ2v) is 10.5. The van der Waals surface area contributed by atoms with E-state index in [1.54, 1.807) is 12.1 Å². The Morgan fingerprint density at radius 2 is 1.62 bits per heavy atom. The quantitative estimate of drug-likeness (QED) is 0.209. The molecule has 0 radical (unpaired) electrons. The summed E-state index contributed by atoms with van der Waals surface area (Å²) in [5, 5.41) is 0. The molecule has 0 aromatic heterocycles. The number of ether oxygens (including phenoxy) is 1. The van der Waals surface area contributed by atoms with Gasteiger partial charge in [0.25, 0.3) is 0 Å². The van der Waals surface area contributed by atoms with E-state index in [4.69, 9.17) is 4.74 Å². The molecule has 0 bridgehead atoms. The predicted octanol–water partition coefficient (Wildman–Crippen LogP) is 8.84. The highest BCUT2D eigenvalue weighted by atomic mass is 19.1. The van der Waals surface area contributed by atoms with Gasteiger partial charge in [0, 0.05) is 0 Å². The lowest BCUT2D eigenvalue weighted by Crippen LogP contribution is -2.30.